The summed E-state index contributed by atoms with van der Waals surface area (Å²) in [5, 5.41) is 22.4. The molecule has 1 aliphatic rings. The smallest absolute Gasteiger partial charge is 0.323 e. The van der Waals surface area contributed by atoms with E-state index in [-0.39, 0.29) is 23.2 Å². The van der Waals surface area contributed by atoms with E-state index in [1.54, 1.807) is 15.9 Å². The van der Waals surface area contributed by atoms with Crippen LogP contribution in [0.4, 0.5) is 24.5 Å². The Morgan fingerprint density at radius 2 is 1.94 bits per heavy atom. The Morgan fingerprint density at radius 3 is 2.61 bits per heavy atom. The van der Waals surface area contributed by atoms with E-state index >= 15 is 0 Å². The first-order valence-electron chi connectivity index (χ1n) is 9.70. The van der Waals surface area contributed by atoms with Gasteiger partial charge in [0.2, 0.25) is 0 Å². The molecule has 8 nitrogen and oxygen atoms in total. The Bertz CT molecular complexity index is 1100. The lowest BCUT2D eigenvalue weighted by atomic mass is 10.1. The van der Waals surface area contributed by atoms with Gasteiger partial charge in [0.05, 0.1) is 16.3 Å². The van der Waals surface area contributed by atoms with Crippen molar-refractivity contribution in [1.29, 1.82) is 0 Å². The van der Waals surface area contributed by atoms with Crippen molar-refractivity contribution in [3.8, 4) is 0 Å². The van der Waals surface area contributed by atoms with Crippen LogP contribution in [0, 0.1) is 11.6 Å². The molecule has 1 fully saturated rings. The number of aromatic nitrogens is 2. The maximum atomic E-state index is 14.5. The topological polar surface area (TPSA) is 102 Å². The molecule has 1 aliphatic heterocycles. The Hall–Kier alpha value is -2.89. The minimum atomic E-state index is -1.21. The van der Waals surface area contributed by atoms with Crippen LogP contribution in [0.5, 0.6) is 0 Å². The van der Waals surface area contributed by atoms with Crippen LogP contribution in [0.25, 0.3) is 10.2 Å². The highest BCUT2D eigenvalue weighted by Gasteiger charge is 2.25. The Balaban J connectivity index is 1.37. The minimum Gasteiger partial charge on any atom is -0.390 e. The zero-order valence-corrected chi connectivity index (χ0v) is 17.4. The summed E-state index contributed by atoms with van der Waals surface area (Å²) in [7, 11) is 0. The highest BCUT2D eigenvalue weighted by atomic mass is 32.1. The molecule has 3 aromatic rings. The number of nitrogens with zero attached hydrogens (tertiary/aromatic N) is 4. The first-order chi connectivity index (χ1) is 14.8. The summed E-state index contributed by atoms with van der Waals surface area (Å²) in [5.74, 6) is -0.828. The maximum Gasteiger partial charge on any atom is 0.323 e. The third-order valence-corrected chi connectivity index (χ3v) is 6.01. The molecule has 0 bridgehead atoms. The first kappa shape index (κ1) is 21.3. The second-order valence-corrected chi connectivity index (χ2v) is 8.33. The number of aliphatic hydroxyl groups excluding tert-OH is 2. The molecule has 164 valence electrons. The zero-order chi connectivity index (χ0) is 22.1. The number of carbonyl (C=O) groups excluding carboxylic acids is 1. The molecule has 4 rings (SSSR count). The van der Waals surface area contributed by atoms with E-state index in [0.717, 1.165) is 6.07 Å². The number of hydrogen-bond donors (Lipinski definition) is 3. The summed E-state index contributed by atoms with van der Waals surface area (Å²) < 4.78 is 28.5. The Morgan fingerprint density at radius 1 is 1.19 bits per heavy atom. The van der Waals surface area contributed by atoms with Crippen molar-refractivity contribution in [1.82, 2.24) is 14.9 Å². The Labute approximate surface area is 180 Å². The molecule has 1 saturated heterocycles. The van der Waals surface area contributed by atoms with Crippen molar-refractivity contribution in [2.24, 2.45) is 0 Å². The van der Waals surface area contributed by atoms with Crippen molar-refractivity contribution in [3.63, 3.8) is 0 Å². The van der Waals surface area contributed by atoms with Crippen LogP contribution >= 0.6 is 11.3 Å². The van der Waals surface area contributed by atoms with Crippen molar-refractivity contribution in [2.45, 2.75) is 19.1 Å². The van der Waals surface area contributed by atoms with Gasteiger partial charge in [-0.3, -0.25) is 5.32 Å². The van der Waals surface area contributed by atoms with Crippen molar-refractivity contribution in [3.05, 3.63) is 47.7 Å². The number of nitrogens with one attached hydrogen (secondary N) is 1. The number of aliphatic hydroxyl groups is 2. The van der Waals surface area contributed by atoms with Crippen LogP contribution in [0.1, 0.15) is 18.6 Å². The van der Waals surface area contributed by atoms with Gasteiger partial charge in [0.1, 0.15) is 11.9 Å². The fourth-order valence-electron chi connectivity index (χ4n) is 3.36. The van der Waals surface area contributed by atoms with Crippen LogP contribution in [-0.4, -0.2) is 63.4 Å². The zero-order valence-electron chi connectivity index (χ0n) is 16.6. The molecule has 0 aliphatic carbocycles. The van der Waals surface area contributed by atoms with Gasteiger partial charge in [0, 0.05) is 37.9 Å². The van der Waals surface area contributed by atoms with Gasteiger partial charge in [-0.1, -0.05) is 11.3 Å². The van der Waals surface area contributed by atoms with Gasteiger partial charge >= 0.3 is 6.03 Å². The predicted molar refractivity (Wildman–Crippen MR) is 113 cm³/mol. The minimum absolute atomic E-state index is 0.134. The summed E-state index contributed by atoms with van der Waals surface area (Å²) in [6.45, 7) is 2.86. The average molecular weight is 449 g/mol. The first-order valence-corrected chi connectivity index (χ1v) is 10.5. The lowest BCUT2D eigenvalue weighted by Crippen LogP contribution is -2.50. The van der Waals surface area contributed by atoms with E-state index in [9.17, 15) is 23.8 Å². The SMILES string of the molecule is C[C@@H](O)[C@H](O)c1cnc(N2CCN(C(=O)Nc3nc4ccc(F)cc4s3)CC2)c(F)c1. The number of thiazole rings is 1. The molecule has 1 aromatic carbocycles. The molecule has 11 heteroatoms. The van der Waals surface area contributed by atoms with E-state index < -0.39 is 18.0 Å². The fourth-order valence-corrected chi connectivity index (χ4v) is 4.24. The number of fused-ring (bicyclic) bond motifs is 1. The van der Waals surface area contributed by atoms with E-state index in [4.69, 9.17) is 0 Å². The third kappa shape index (κ3) is 4.58. The van der Waals surface area contributed by atoms with Crippen molar-refractivity contribution < 1.29 is 23.8 Å². The molecule has 2 atom stereocenters. The van der Waals surface area contributed by atoms with Crippen molar-refractivity contribution >= 4 is 38.5 Å². The molecular formula is C20H21F2N5O3S. The van der Waals surface area contributed by atoms with Gasteiger partial charge in [0.25, 0.3) is 0 Å². The summed E-state index contributed by atoms with van der Waals surface area (Å²) in [6, 6.07) is 5.08. The lowest BCUT2D eigenvalue weighted by molar-refractivity contribution is 0.0301. The number of amides is 2. The summed E-state index contributed by atoms with van der Waals surface area (Å²) in [4.78, 5) is 24.2. The fraction of sp³-hybridized carbons (Fsp3) is 0.350. The molecule has 0 radical (unpaired) electrons. The molecule has 0 saturated carbocycles. The van der Waals surface area contributed by atoms with Gasteiger partial charge in [-0.2, -0.15) is 0 Å². The number of piperazine rings is 1. The van der Waals surface area contributed by atoms with Gasteiger partial charge in [-0.15, -0.1) is 0 Å². The molecule has 2 aromatic heterocycles. The van der Waals surface area contributed by atoms with E-state index in [1.807, 2.05) is 0 Å². The number of hydrogen-bond acceptors (Lipinski definition) is 7. The van der Waals surface area contributed by atoms with Gasteiger partial charge < -0.3 is 20.0 Å². The Kier molecular flexibility index (Phi) is 5.99. The second kappa shape index (κ2) is 8.69. The van der Waals surface area contributed by atoms with Gasteiger partial charge in [-0.25, -0.2) is 23.5 Å². The normalized spacial score (nSPS) is 16.4. The summed E-state index contributed by atoms with van der Waals surface area (Å²) >= 11 is 1.19. The number of pyridine rings is 1. The van der Waals surface area contributed by atoms with E-state index in [1.165, 1.54) is 36.6 Å². The monoisotopic (exact) mass is 449 g/mol. The molecule has 31 heavy (non-hydrogen) atoms. The van der Waals surface area contributed by atoms with Gasteiger partial charge in [-0.05, 0) is 31.2 Å². The number of rotatable bonds is 4. The van der Waals surface area contributed by atoms with Crippen LogP contribution in [0.15, 0.2) is 30.5 Å². The molecule has 0 unspecified atom stereocenters. The highest BCUT2D eigenvalue weighted by Crippen LogP contribution is 2.27. The number of halogens is 2. The molecule has 3 N–H and O–H groups in total. The van der Waals surface area contributed by atoms with E-state index in [2.05, 4.69) is 15.3 Å². The second-order valence-electron chi connectivity index (χ2n) is 7.29. The quantitative estimate of drug-likeness (QED) is 0.566. The maximum absolute atomic E-state index is 14.5. The molecular weight excluding hydrogens is 428 g/mol. The van der Waals surface area contributed by atoms with Crippen LogP contribution < -0.4 is 10.2 Å². The number of anilines is 2. The summed E-state index contributed by atoms with van der Waals surface area (Å²) in [5.41, 5.74) is 0.808. The standard InChI is InChI=1S/C20H21F2N5O3S/c1-11(28)17(29)12-8-14(22)18(23-10-12)26-4-6-27(7-5-26)20(30)25-19-24-15-3-2-13(21)9-16(15)31-19/h2-3,8-11,17,28-29H,4-7H2,1H3,(H,24,25,30)/t11-,17+/m1/s1. The largest absolute Gasteiger partial charge is 0.390 e. The number of benzene rings is 1. The van der Waals surface area contributed by atoms with Crippen LogP contribution in [-0.2, 0) is 0 Å². The highest BCUT2D eigenvalue weighted by molar-refractivity contribution is 7.22. The lowest BCUT2D eigenvalue weighted by Gasteiger charge is -2.35. The van der Waals surface area contributed by atoms with Crippen LogP contribution in [0.3, 0.4) is 0 Å². The van der Waals surface area contributed by atoms with Crippen molar-refractivity contribution in [2.75, 3.05) is 36.4 Å². The number of urea groups is 1. The summed E-state index contributed by atoms with van der Waals surface area (Å²) in [6.07, 6.45) is -0.913. The molecule has 0 spiro atoms. The third-order valence-electron chi connectivity index (χ3n) is 5.07. The molecule has 3 heterocycles. The number of carbonyl (C=O) groups is 1. The van der Waals surface area contributed by atoms with Gasteiger partial charge in [0.15, 0.2) is 16.8 Å². The van der Waals surface area contributed by atoms with Crippen LogP contribution in [0.2, 0.25) is 0 Å². The van der Waals surface area contributed by atoms with E-state index in [0.29, 0.717) is 41.5 Å². The molecule has 2 amide bonds. The predicted octanol–water partition coefficient (Wildman–Crippen LogP) is 2.74. The average Bonchev–Trinajstić information content (AvgIpc) is 3.14.